The van der Waals surface area contributed by atoms with Gasteiger partial charge in [-0.25, -0.2) is 4.98 Å². The van der Waals surface area contributed by atoms with Crippen molar-refractivity contribution in [3.05, 3.63) is 40.7 Å². The summed E-state index contributed by atoms with van der Waals surface area (Å²) in [6.45, 7) is 0. The number of benzene rings is 1. The summed E-state index contributed by atoms with van der Waals surface area (Å²) in [6, 6.07) is 6.58. The van der Waals surface area contributed by atoms with Gasteiger partial charge in [0.25, 0.3) is 5.69 Å². The molecular formula is C8H6N4O2S2. The fraction of sp³-hybridized carbons (Fsp3) is 0. The molecule has 6 nitrogen and oxygen atoms in total. The molecule has 0 bridgehead atoms. The Morgan fingerprint density at radius 1 is 1.31 bits per heavy atom. The summed E-state index contributed by atoms with van der Waals surface area (Å²) in [4.78, 5) is 14.8. The maximum absolute atomic E-state index is 10.7. The summed E-state index contributed by atoms with van der Waals surface area (Å²) in [5.41, 5.74) is 0.0968. The molecule has 0 saturated heterocycles. The van der Waals surface area contributed by atoms with Crippen LogP contribution in [0, 0.1) is 10.1 Å². The normalized spacial score (nSPS) is 10.2. The molecule has 0 spiro atoms. The quantitative estimate of drug-likeness (QED) is 0.512. The van der Waals surface area contributed by atoms with Crippen molar-refractivity contribution in [2.24, 2.45) is 0 Å². The van der Waals surface area contributed by atoms with Gasteiger partial charge in [-0.1, -0.05) is 12.1 Å². The zero-order valence-corrected chi connectivity index (χ0v) is 9.49. The van der Waals surface area contributed by atoms with E-state index in [0.717, 1.165) is 0 Å². The molecule has 2 aromatic rings. The minimum Gasteiger partial charge on any atom is -0.258 e. The molecule has 0 atom stereocenters. The highest BCUT2D eigenvalue weighted by molar-refractivity contribution is 8.76. The van der Waals surface area contributed by atoms with Crippen LogP contribution in [0.4, 0.5) is 5.69 Å². The van der Waals surface area contributed by atoms with Crippen LogP contribution in [0.5, 0.6) is 0 Å². The van der Waals surface area contributed by atoms with Gasteiger partial charge in [-0.15, -0.1) is 0 Å². The SMILES string of the molecule is O=[N+]([O-])c1ccccc1SSc1ncn[nH]1. The van der Waals surface area contributed by atoms with Crippen LogP contribution >= 0.6 is 21.6 Å². The summed E-state index contributed by atoms with van der Waals surface area (Å²) in [7, 11) is 2.57. The zero-order valence-electron chi connectivity index (χ0n) is 7.86. The van der Waals surface area contributed by atoms with E-state index in [0.29, 0.717) is 10.1 Å². The van der Waals surface area contributed by atoms with Crippen molar-refractivity contribution < 1.29 is 4.92 Å². The topological polar surface area (TPSA) is 84.7 Å². The van der Waals surface area contributed by atoms with E-state index >= 15 is 0 Å². The van der Waals surface area contributed by atoms with Crippen LogP contribution in [-0.2, 0) is 0 Å². The van der Waals surface area contributed by atoms with Crippen LogP contribution in [0.15, 0.2) is 40.6 Å². The number of rotatable bonds is 4. The lowest BCUT2D eigenvalue weighted by Gasteiger charge is -1.99. The molecular weight excluding hydrogens is 248 g/mol. The first kappa shape index (κ1) is 11.0. The molecule has 82 valence electrons. The van der Waals surface area contributed by atoms with E-state index in [1.165, 1.54) is 34.0 Å². The molecule has 1 heterocycles. The van der Waals surface area contributed by atoms with Crippen LogP contribution in [-0.4, -0.2) is 20.1 Å². The Hall–Kier alpha value is -1.54. The summed E-state index contributed by atoms with van der Waals surface area (Å²) >= 11 is 0. The van der Waals surface area contributed by atoms with E-state index in [1.807, 2.05) is 0 Å². The Labute approximate surface area is 98.4 Å². The minimum atomic E-state index is -0.400. The van der Waals surface area contributed by atoms with Crippen molar-refractivity contribution in [1.82, 2.24) is 15.2 Å². The number of nitro groups is 1. The van der Waals surface area contributed by atoms with Crippen molar-refractivity contribution >= 4 is 27.3 Å². The van der Waals surface area contributed by atoms with E-state index in [2.05, 4.69) is 15.2 Å². The lowest BCUT2D eigenvalue weighted by Crippen LogP contribution is -1.89. The Kier molecular flexibility index (Phi) is 3.42. The summed E-state index contributed by atoms with van der Waals surface area (Å²) in [5.74, 6) is 0. The maximum Gasteiger partial charge on any atom is 0.283 e. The first-order valence-corrected chi connectivity index (χ1v) is 6.35. The van der Waals surface area contributed by atoms with E-state index in [9.17, 15) is 10.1 Å². The van der Waals surface area contributed by atoms with Crippen LogP contribution in [0.3, 0.4) is 0 Å². The summed E-state index contributed by atoms with van der Waals surface area (Å²) in [6.07, 6.45) is 1.39. The number of hydrogen-bond acceptors (Lipinski definition) is 6. The zero-order chi connectivity index (χ0) is 11.4. The number of hydrogen-bond donors (Lipinski definition) is 1. The second-order valence-electron chi connectivity index (χ2n) is 2.68. The molecule has 0 aliphatic heterocycles. The molecule has 8 heteroatoms. The van der Waals surface area contributed by atoms with Crippen molar-refractivity contribution in [1.29, 1.82) is 0 Å². The fourth-order valence-corrected chi connectivity index (χ4v) is 2.88. The third-order valence-electron chi connectivity index (χ3n) is 1.67. The van der Waals surface area contributed by atoms with Crippen molar-refractivity contribution in [2.45, 2.75) is 10.1 Å². The largest absolute Gasteiger partial charge is 0.283 e. The second-order valence-corrected chi connectivity index (χ2v) is 4.84. The number of nitrogens with one attached hydrogen (secondary N) is 1. The molecule has 1 aromatic carbocycles. The van der Waals surface area contributed by atoms with Crippen LogP contribution < -0.4 is 0 Å². The fourth-order valence-electron chi connectivity index (χ4n) is 0.997. The molecule has 0 fully saturated rings. The second kappa shape index (κ2) is 4.99. The van der Waals surface area contributed by atoms with Gasteiger partial charge in [0.05, 0.1) is 9.82 Å². The van der Waals surface area contributed by atoms with Crippen LogP contribution in [0.25, 0.3) is 0 Å². The Balaban J connectivity index is 2.12. The van der Waals surface area contributed by atoms with Gasteiger partial charge < -0.3 is 0 Å². The predicted octanol–water partition coefficient (Wildman–Crippen LogP) is 2.51. The van der Waals surface area contributed by atoms with Gasteiger partial charge in [0, 0.05) is 6.07 Å². The standard InChI is InChI=1S/C8H6N4O2S2/c13-12(14)6-3-1-2-4-7(6)15-16-8-9-5-10-11-8/h1-5H,(H,9,10,11). The molecule has 16 heavy (non-hydrogen) atoms. The first-order chi connectivity index (χ1) is 7.77. The molecule has 0 unspecified atom stereocenters. The molecule has 0 amide bonds. The van der Waals surface area contributed by atoms with Gasteiger partial charge in [-0.05, 0) is 27.7 Å². The van der Waals surface area contributed by atoms with Crippen molar-refractivity contribution in [3.63, 3.8) is 0 Å². The monoisotopic (exact) mass is 254 g/mol. The maximum atomic E-state index is 10.7. The van der Waals surface area contributed by atoms with Gasteiger partial charge in [0.15, 0.2) is 5.16 Å². The van der Waals surface area contributed by atoms with Crippen LogP contribution in [0.1, 0.15) is 0 Å². The number of nitrogens with zero attached hydrogens (tertiary/aromatic N) is 3. The average molecular weight is 254 g/mol. The van der Waals surface area contributed by atoms with Crippen LogP contribution in [0.2, 0.25) is 0 Å². The molecule has 0 saturated carbocycles. The number of para-hydroxylation sites is 1. The lowest BCUT2D eigenvalue weighted by atomic mass is 10.3. The van der Waals surface area contributed by atoms with Crippen molar-refractivity contribution in [3.8, 4) is 0 Å². The van der Waals surface area contributed by atoms with Gasteiger partial charge in [-0.2, -0.15) is 5.10 Å². The summed E-state index contributed by atoms with van der Waals surface area (Å²) < 4.78 is 0. The third kappa shape index (κ3) is 2.52. The molecule has 1 N–H and O–H groups in total. The Morgan fingerprint density at radius 2 is 2.12 bits per heavy atom. The van der Waals surface area contributed by atoms with E-state index in [4.69, 9.17) is 0 Å². The Bertz CT molecular complexity index is 489. The number of H-pyrrole nitrogens is 1. The molecule has 2 rings (SSSR count). The van der Waals surface area contributed by atoms with Gasteiger partial charge in [-0.3, -0.25) is 15.2 Å². The highest BCUT2D eigenvalue weighted by atomic mass is 33.1. The molecule has 0 radical (unpaired) electrons. The number of nitro benzene ring substituents is 1. The third-order valence-corrected chi connectivity index (χ3v) is 3.89. The number of aromatic nitrogens is 3. The highest BCUT2D eigenvalue weighted by Gasteiger charge is 2.13. The van der Waals surface area contributed by atoms with Gasteiger partial charge in [0.2, 0.25) is 0 Å². The Morgan fingerprint density at radius 3 is 2.81 bits per heavy atom. The van der Waals surface area contributed by atoms with Crippen molar-refractivity contribution in [2.75, 3.05) is 0 Å². The average Bonchev–Trinajstić information content (AvgIpc) is 2.79. The predicted molar refractivity (Wildman–Crippen MR) is 61.2 cm³/mol. The lowest BCUT2D eigenvalue weighted by molar-refractivity contribution is -0.387. The van der Waals surface area contributed by atoms with Gasteiger partial charge in [0.1, 0.15) is 6.33 Å². The summed E-state index contributed by atoms with van der Waals surface area (Å²) in [5, 5.41) is 17.7. The first-order valence-electron chi connectivity index (χ1n) is 4.20. The number of aromatic amines is 1. The minimum absolute atomic E-state index is 0.0968. The molecule has 1 aromatic heterocycles. The van der Waals surface area contributed by atoms with E-state index < -0.39 is 4.92 Å². The van der Waals surface area contributed by atoms with E-state index in [-0.39, 0.29) is 5.69 Å². The molecule has 0 aliphatic rings. The molecule has 0 aliphatic carbocycles. The smallest absolute Gasteiger partial charge is 0.258 e. The van der Waals surface area contributed by atoms with E-state index in [1.54, 1.807) is 18.2 Å². The van der Waals surface area contributed by atoms with Gasteiger partial charge >= 0.3 is 0 Å². The highest BCUT2D eigenvalue weighted by Crippen LogP contribution is 2.39.